The largest absolute Gasteiger partial charge is 0.334 e. The first-order valence-corrected chi connectivity index (χ1v) is 14.0. The van der Waals surface area contributed by atoms with E-state index in [-0.39, 0.29) is 35.8 Å². The molecule has 0 bridgehead atoms. The van der Waals surface area contributed by atoms with Gasteiger partial charge >= 0.3 is 11.7 Å². The fourth-order valence-electron chi connectivity index (χ4n) is 3.00. The predicted molar refractivity (Wildman–Crippen MR) is 130 cm³/mol. The van der Waals surface area contributed by atoms with E-state index in [0.29, 0.717) is 4.57 Å². The van der Waals surface area contributed by atoms with Crippen LogP contribution in [0.15, 0.2) is 67.4 Å². The number of carbonyl (C=O) groups is 1. The molecular formula is C19H14ClN5O7S3. The molecule has 0 atom stereocenters. The molecule has 35 heavy (non-hydrogen) atoms. The van der Waals surface area contributed by atoms with E-state index in [0.717, 1.165) is 29.9 Å². The Hall–Kier alpha value is -3.53. The van der Waals surface area contributed by atoms with Crippen molar-refractivity contribution in [2.75, 3.05) is 11.6 Å². The second kappa shape index (κ2) is 8.92. The lowest BCUT2D eigenvalue weighted by Crippen LogP contribution is -2.35. The van der Waals surface area contributed by atoms with Crippen molar-refractivity contribution >= 4 is 65.4 Å². The van der Waals surface area contributed by atoms with Gasteiger partial charge in [-0.05, 0) is 42.5 Å². The Morgan fingerprint density at radius 2 is 1.83 bits per heavy atom. The Balaban J connectivity index is 1.61. The van der Waals surface area contributed by atoms with Crippen molar-refractivity contribution < 1.29 is 21.6 Å². The molecule has 0 unspecified atom stereocenters. The van der Waals surface area contributed by atoms with Crippen LogP contribution in [0.1, 0.15) is 0 Å². The first-order chi connectivity index (χ1) is 16.3. The number of anilines is 1. The van der Waals surface area contributed by atoms with Gasteiger partial charge in [-0.15, -0.1) is 11.3 Å². The van der Waals surface area contributed by atoms with Crippen molar-refractivity contribution in [2.45, 2.75) is 9.10 Å². The van der Waals surface area contributed by atoms with Gasteiger partial charge < -0.3 is 10.3 Å². The van der Waals surface area contributed by atoms with Gasteiger partial charge in [-0.2, -0.15) is 0 Å². The number of aromatic amines is 1. The summed E-state index contributed by atoms with van der Waals surface area (Å²) in [6.07, 6.45) is 2.09. The van der Waals surface area contributed by atoms with Gasteiger partial charge in [0.1, 0.15) is 10.0 Å². The van der Waals surface area contributed by atoms with Crippen LogP contribution in [0.4, 0.5) is 10.5 Å². The monoisotopic (exact) mass is 555 g/mol. The molecule has 0 radical (unpaired) electrons. The maximum atomic E-state index is 12.9. The van der Waals surface area contributed by atoms with Crippen molar-refractivity contribution in [3.63, 3.8) is 0 Å². The van der Waals surface area contributed by atoms with E-state index >= 15 is 0 Å². The highest BCUT2D eigenvalue weighted by atomic mass is 35.5. The molecule has 3 heterocycles. The van der Waals surface area contributed by atoms with Gasteiger partial charge in [-0.25, -0.2) is 40.7 Å². The molecule has 12 nitrogen and oxygen atoms in total. The molecule has 0 aliphatic carbocycles. The highest BCUT2D eigenvalue weighted by molar-refractivity contribution is 7.92. The lowest BCUT2D eigenvalue weighted by molar-refractivity contribution is 0.256. The minimum Gasteiger partial charge on any atom is -0.306 e. The standard InChI is InChI=1S/C19H14ClN5O7S3/c1-34(29,30)11-3-4-13-12(8-11)17(26)25(19(28)23-13)15-6-2-10(9-21-15)22-18(27)24-35(31,32)16-7-5-14(20)33-16/h2-9H,1H3,(H,23,28)(H2,22,24,27). The SMILES string of the molecule is CS(=O)(=O)c1ccc2[nH]c(=O)n(-c3ccc(NC(=O)NS(=O)(=O)c4ccc(Cl)s4)cn3)c(=O)c2c1. The highest BCUT2D eigenvalue weighted by Crippen LogP contribution is 2.25. The molecule has 4 rings (SSSR count). The predicted octanol–water partition coefficient (Wildman–Crippen LogP) is 1.70. The van der Waals surface area contributed by atoms with Gasteiger partial charge in [0.05, 0.1) is 32.0 Å². The molecule has 3 N–H and O–H groups in total. The number of hydrogen-bond acceptors (Lipinski definition) is 9. The van der Waals surface area contributed by atoms with Gasteiger partial charge in [-0.3, -0.25) is 4.79 Å². The zero-order chi connectivity index (χ0) is 25.5. The summed E-state index contributed by atoms with van der Waals surface area (Å²) in [6, 6.07) is 7.83. The number of benzene rings is 1. The average molecular weight is 556 g/mol. The number of urea groups is 1. The number of sulfonamides is 1. The maximum Gasteiger partial charge on any atom is 0.334 e. The van der Waals surface area contributed by atoms with Gasteiger partial charge in [0.25, 0.3) is 15.6 Å². The molecule has 1 aromatic carbocycles. The first kappa shape index (κ1) is 24.6. The van der Waals surface area contributed by atoms with Crippen molar-refractivity contribution in [3.05, 3.63) is 73.8 Å². The highest BCUT2D eigenvalue weighted by Gasteiger charge is 2.20. The van der Waals surface area contributed by atoms with Crippen molar-refractivity contribution in [3.8, 4) is 5.82 Å². The van der Waals surface area contributed by atoms with E-state index in [4.69, 9.17) is 11.6 Å². The number of nitrogens with one attached hydrogen (secondary N) is 3. The van der Waals surface area contributed by atoms with Crippen LogP contribution in [0.5, 0.6) is 0 Å². The van der Waals surface area contributed by atoms with Crippen molar-refractivity contribution in [1.82, 2.24) is 19.3 Å². The molecule has 0 saturated carbocycles. The number of rotatable bonds is 5. The second-order valence-corrected chi connectivity index (χ2v) is 12.7. The van der Waals surface area contributed by atoms with E-state index in [2.05, 4.69) is 15.3 Å². The molecule has 4 aromatic rings. The van der Waals surface area contributed by atoms with Crippen molar-refractivity contribution in [1.29, 1.82) is 0 Å². The molecular weight excluding hydrogens is 542 g/mol. The topological polar surface area (TPSA) is 177 Å². The summed E-state index contributed by atoms with van der Waals surface area (Å²) in [4.78, 5) is 43.9. The zero-order valence-electron chi connectivity index (χ0n) is 17.5. The van der Waals surface area contributed by atoms with Crippen LogP contribution in [0.25, 0.3) is 16.7 Å². The zero-order valence-corrected chi connectivity index (χ0v) is 20.7. The molecule has 0 spiro atoms. The summed E-state index contributed by atoms with van der Waals surface area (Å²) in [5, 5.41) is 2.23. The summed E-state index contributed by atoms with van der Waals surface area (Å²) in [5.41, 5.74) is -1.41. The number of halogens is 1. The first-order valence-electron chi connectivity index (χ1n) is 9.40. The van der Waals surface area contributed by atoms with Crippen LogP contribution in [-0.4, -0.2) is 43.7 Å². The van der Waals surface area contributed by atoms with Crippen molar-refractivity contribution in [2.24, 2.45) is 0 Å². The Morgan fingerprint density at radius 1 is 1.09 bits per heavy atom. The normalized spacial score (nSPS) is 11.9. The van der Waals surface area contributed by atoms with Gasteiger partial charge in [-0.1, -0.05) is 11.6 Å². The van der Waals surface area contributed by atoms with Crippen LogP contribution >= 0.6 is 22.9 Å². The van der Waals surface area contributed by atoms with Crippen LogP contribution in [0.2, 0.25) is 4.34 Å². The third-order valence-corrected chi connectivity index (χ3v) is 8.74. The molecule has 182 valence electrons. The number of amides is 2. The minimum atomic E-state index is -4.14. The molecule has 2 amide bonds. The average Bonchev–Trinajstić information content (AvgIpc) is 3.21. The maximum absolute atomic E-state index is 12.9. The number of carbonyl (C=O) groups excluding carboxylic acids is 1. The number of fused-ring (bicyclic) bond motifs is 1. The van der Waals surface area contributed by atoms with E-state index in [1.165, 1.54) is 36.4 Å². The van der Waals surface area contributed by atoms with E-state index in [1.807, 2.05) is 4.72 Å². The summed E-state index contributed by atoms with van der Waals surface area (Å²) < 4.78 is 50.7. The number of H-pyrrole nitrogens is 1. The van der Waals surface area contributed by atoms with Gasteiger partial charge in [0, 0.05) is 6.26 Å². The molecule has 0 fully saturated rings. The van der Waals surface area contributed by atoms with Gasteiger partial charge in [0.2, 0.25) is 0 Å². The number of aromatic nitrogens is 3. The quantitative estimate of drug-likeness (QED) is 0.333. The van der Waals surface area contributed by atoms with Crippen LogP contribution in [-0.2, 0) is 19.9 Å². The lowest BCUT2D eigenvalue weighted by atomic mass is 10.2. The Labute approximate surface area is 206 Å². The van der Waals surface area contributed by atoms with E-state index in [9.17, 15) is 31.2 Å². The molecule has 3 aromatic heterocycles. The van der Waals surface area contributed by atoms with Crippen LogP contribution in [0.3, 0.4) is 0 Å². The fourth-order valence-corrected chi connectivity index (χ4v) is 6.03. The molecule has 0 aliphatic heterocycles. The summed E-state index contributed by atoms with van der Waals surface area (Å²) >= 11 is 6.49. The Bertz CT molecular complexity index is 1810. The molecule has 0 aliphatic rings. The minimum absolute atomic E-state index is 0.0465. The van der Waals surface area contributed by atoms with Crippen LogP contribution < -0.4 is 21.3 Å². The number of pyridine rings is 1. The number of sulfone groups is 1. The smallest absolute Gasteiger partial charge is 0.306 e. The fraction of sp³-hybridized carbons (Fsp3) is 0.0526. The van der Waals surface area contributed by atoms with Crippen LogP contribution in [0, 0.1) is 0 Å². The van der Waals surface area contributed by atoms with Gasteiger partial charge in [0.15, 0.2) is 9.84 Å². The Kier molecular flexibility index (Phi) is 6.27. The number of nitrogens with zero attached hydrogens (tertiary/aromatic N) is 2. The number of hydrogen-bond donors (Lipinski definition) is 3. The van der Waals surface area contributed by atoms with E-state index < -0.39 is 37.1 Å². The summed E-state index contributed by atoms with van der Waals surface area (Å²) in [7, 11) is -7.73. The van der Waals surface area contributed by atoms with E-state index in [1.54, 1.807) is 0 Å². The molecule has 16 heteroatoms. The Morgan fingerprint density at radius 3 is 2.43 bits per heavy atom. The summed E-state index contributed by atoms with van der Waals surface area (Å²) in [5.74, 6) is -0.116. The number of thiophene rings is 1. The third-order valence-electron chi connectivity index (χ3n) is 4.57. The lowest BCUT2D eigenvalue weighted by Gasteiger charge is -2.09. The molecule has 0 saturated heterocycles. The second-order valence-electron chi connectivity index (χ2n) is 7.07. The third kappa shape index (κ3) is 5.12. The summed E-state index contributed by atoms with van der Waals surface area (Å²) in [6.45, 7) is 0.